The van der Waals surface area contributed by atoms with Gasteiger partial charge in [0.05, 0.1) is 23.7 Å². The van der Waals surface area contributed by atoms with Crippen LogP contribution in [0.2, 0.25) is 5.02 Å². The van der Waals surface area contributed by atoms with Gasteiger partial charge in [-0.05, 0) is 43.9 Å². The van der Waals surface area contributed by atoms with Gasteiger partial charge in [0.2, 0.25) is 11.8 Å². The summed E-state index contributed by atoms with van der Waals surface area (Å²) in [6.07, 6.45) is 0.638. The topological polar surface area (TPSA) is 101 Å². The summed E-state index contributed by atoms with van der Waals surface area (Å²) in [6, 6.07) is 7.59. The predicted molar refractivity (Wildman–Crippen MR) is 140 cm³/mol. The fraction of sp³-hybridized carbons (Fsp3) is 0.393. The molecule has 11 heteroatoms. The molecule has 1 saturated carbocycles. The normalized spacial score (nSPS) is 20.9. The summed E-state index contributed by atoms with van der Waals surface area (Å²) in [5.74, 6) is -1.89. The van der Waals surface area contributed by atoms with E-state index in [-0.39, 0.29) is 48.4 Å². The van der Waals surface area contributed by atoms with E-state index in [0.717, 1.165) is 17.7 Å². The van der Waals surface area contributed by atoms with Gasteiger partial charge in [-0.1, -0.05) is 23.7 Å². The molecule has 1 aromatic heterocycles. The third-order valence-corrected chi connectivity index (χ3v) is 7.51. The lowest BCUT2D eigenvalue weighted by Crippen LogP contribution is -2.51. The van der Waals surface area contributed by atoms with Crippen LogP contribution in [0, 0.1) is 11.7 Å². The number of likely N-dealkylation sites (tertiary alicyclic amines) is 1. The number of fused-ring (bicyclic) bond motifs is 1. The molecule has 1 aliphatic carbocycles. The highest BCUT2D eigenvalue weighted by Crippen LogP contribution is 2.33. The van der Waals surface area contributed by atoms with Crippen LogP contribution in [0.1, 0.15) is 35.7 Å². The molecule has 5 rings (SSSR count). The maximum atomic E-state index is 15.3. The van der Waals surface area contributed by atoms with Crippen molar-refractivity contribution in [2.45, 2.75) is 51.2 Å². The number of hydrogen-bond acceptors (Lipinski definition) is 5. The SMILES string of the molecule is CC(=O)c1cn(CC(=O)N2CC(F)C(OCC3CC3)[C@H]2C(=O)NCc2cccc(Cl)c2F)c2cc(O)ccc12. The number of alkyl halides is 1. The zero-order valence-corrected chi connectivity index (χ0v) is 22.0. The second-order valence-corrected chi connectivity index (χ2v) is 10.5. The molecule has 3 aromatic rings. The van der Waals surface area contributed by atoms with E-state index in [1.165, 1.54) is 42.0 Å². The van der Waals surface area contributed by atoms with E-state index in [1.54, 1.807) is 12.1 Å². The minimum Gasteiger partial charge on any atom is -0.508 e. The molecule has 8 nitrogen and oxygen atoms in total. The monoisotopic (exact) mass is 559 g/mol. The number of ether oxygens (including phenoxy) is 1. The van der Waals surface area contributed by atoms with Gasteiger partial charge in [-0.15, -0.1) is 0 Å². The Kier molecular flexibility index (Phi) is 7.59. The number of ketones is 1. The molecule has 2 heterocycles. The van der Waals surface area contributed by atoms with Crippen LogP contribution in [-0.4, -0.2) is 63.6 Å². The Labute approximate surface area is 228 Å². The first-order valence-electron chi connectivity index (χ1n) is 12.7. The summed E-state index contributed by atoms with van der Waals surface area (Å²) < 4.78 is 36.9. The summed E-state index contributed by atoms with van der Waals surface area (Å²) in [7, 11) is 0. The van der Waals surface area contributed by atoms with Crippen LogP contribution < -0.4 is 5.32 Å². The highest BCUT2D eigenvalue weighted by molar-refractivity contribution is 6.30. The van der Waals surface area contributed by atoms with Gasteiger partial charge in [-0.25, -0.2) is 8.78 Å². The number of benzene rings is 2. The van der Waals surface area contributed by atoms with Gasteiger partial charge in [0, 0.05) is 35.3 Å². The van der Waals surface area contributed by atoms with E-state index in [9.17, 15) is 23.9 Å². The Hall–Kier alpha value is -3.50. The summed E-state index contributed by atoms with van der Waals surface area (Å²) in [5.41, 5.74) is 0.962. The lowest BCUT2D eigenvalue weighted by molar-refractivity contribution is -0.142. The van der Waals surface area contributed by atoms with E-state index in [4.69, 9.17) is 16.3 Å². The second kappa shape index (κ2) is 10.9. The average molecular weight is 560 g/mol. The van der Waals surface area contributed by atoms with Crippen molar-refractivity contribution in [3.63, 3.8) is 0 Å². The number of carbonyl (C=O) groups excluding carboxylic acids is 3. The molecule has 39 heavy (non-hydrogen) atoms. The smallest absolute Gasteiger partial charge is 0.245 e. The van der Waals surface area contributed by atoms with Crippen molar-refractivity contribution >= 4 is 40.1 Å². The largest absolute Gasteiger partial charge is 0.508 e. The number of halogens is 3. The average Bonchev–Trinajstić information content (AvgIpc) is 3.58. The molecule has 0 radical (unpaired) electrons. The molecule has 2 aromatic carbocycles. The summed E-state index contributed by atoms with van der Waals surface area (Å²) in [4.78, 5) is 40.2. The third-order valence-electron chi connectivity index (χ3n) is 7.22. The van der Waals surface area contributed by atoms with Crippen LogP contribution in [0.5, 0.6) is 5.75 Å². The molecular weight excluding hydrogens is 532 g/mol. The number of aromatic nitrogens is 1. The van der Waals surface area contributed by atoms with Crippen LogP contribution >= 0.6 is 11.6 Å². The molecule has 2 aliphatic rings. The molecule has 0 bridgehead atoms. The fourth-order valence-corrected chi connectivity index (χ4v) is 5.15. The highest BCUT2D eigenvalue weighted by atomic mass is 35.5. The first kappa shape index (κ1) is 27.1. The number of hydrogen-bond donors (Lipinski definition) is 2. The summed E-state index contributed by atoms with van der Waals surface area (Å²) >= 11 is 5.84. The van der Waals surface area contributed by atoms with E-state index < -0.39 is 35.9 Å². The molecule has 2 fully saturated rings. The number of carbonyl (C=O) groups is 3. The van der Waals surface area contributed by atoms with Gasteiger partial charge in [-0.2, -0.15) is 0 Å². The van der Waals surface area contributed by atoms with E-state index >= 15 is 4.39 Å². The molecule has 206 valence electrons. The van der Waals surface area contributed by atoms with Crippen molar-refractivity contribution < 1.29 is 33.0 Å². The number of aromatic hydroxyl groups is 1. The van der Waals surface area contributed by atoms with Gasteiger partial charge in [0.25, 0.3) is 0 Å². The molecule has 2 amide bonds. The van der Waals surface area contributed by atoms with Crippen molar-refractivity contribution in [2.24, 2.45) is 5.92 Å². The molecule has 1 aliphatic heterocycles. The minimum absolute atomic E-state index is 0.0477. The van der Waals surface area contributed by atoms with Crippen LogP contribution in [0.25, 0.3) is 10.9 Å². The second-order valence-electron chi connectivity index (χ2n) is 10.1. The van der Waals surface area contributed by atoms with Gasteiger partial charge in [0.15, 0.2) is 5.78 Å². The summed E-state index contributed by atoms with van der Waals surface area (Å²) in [6.45, 7) is 0.805. The molecule has 0 spiro atoms. The Morgan fingerprint density at radius 1 is 1.21 bits per heavy atom. The van der Waals surface area contributed by atoms with E-state index in [0.29, 0.717) is 22.4 Å². The lowest BCUT2D eigenvalue weighted by Gasteiger charge is -2.27. The number of Topliss-reactive ketones (excluding diaryl/α,β-unsaturated/α-hetero) is 1. The molecule has 1 saturated heterocycles. The van der Waals surface area contributed by atoms with Crippen LogP contribution in [-0.2, 0) is 27.4 Å². The first-order valence-corrected chi connectivity index (χ1v) is 13.1. The van der Waals surface area contributed by atoms with Gasteiger partial charge in [-0.3, -0.25) is 14.4 Å². The van der Waals surface area contributed by atoms with Crippen LogP contribution in [0.15, 0.2) is 42.6 Å². The van der Waals surface area contributed by atoms with Crippen molar-refractivity contribution in [3.8, 4) is 5.75 Å². The summed E-state index contributed by atoms with van der Waals surface area (Å²) in [5, 5.41) is 13.1. The third kappa shape index (κ3) is 5.62. The Bertz CT molecular complexity index is 1440. The number of nitrogens with one attached hydrogen (secondary N) is 1. The van der Waals surface area contributed by atoms with Gasteiger partial charge < -0.3 is 24.6 Å². The first-order chi connectivity index (χ1) is 18.6. The zero-order chi connectivity index (χ0) is 27.8. The van der Waals surface area contributed by atoms with Crippen molar-refractivity contribution in [1.82, 2.24) is 14.8 Å². The maximum absolute atomic E-state index is 15.3. The fourth-order valence-electron chi connectivity index (χ4n) is 4.96. The number of nitrogens with zero attached hydrogens (tertiary/aromatic N) is 2. The Balaban J connectivity index is 1.39. The maximum Gasteiger partial charge on any atom is 0.245 e. The van der Waals surface area contributed by atoms with E-state index in [1.807, 2.05) is 0 Å². The Morgan fingerprint density at radius 2 is 1.97 bits per heavy atom. The number of phenols is 1. The van der Waals surface area contributed by atoms with Crippen molar-refractivity contribution in [3.05, 3.63) is 64.6 Å². The molecule has 2 N–H and O–H groups in total. The molecule has 3 atom stereocenters. The van der Waals surface area contributed by atoms with Crippen LogP contribution in [0.4, 0.5) is 8.78 Å². The number of phenolic OH excluding ortho intramolecular Hbond substituents is 1. The number of amides is 2. The zero-order valence-electron chi connectivity index (χ0n) is 21.2. The van der Waals surface area contributed by atoms with Crippen molar-refractivity contribution in [1.29, 1.82) is 0 Å². The van der Waals surface area contributed by atoms with Gasteiger partial charge >= 0.3 is 0 Å². The van der Waals surface area contributed by atoms with Crippen LogP contribution in [0.3, 0.4) is 0 Å². The molecule has 2 unspecified atom stereocenters. The Morgan fingerprint density at radius 3 is 2.69 bits per heavy atom. The predicted octanol–water partition coefficient (Wildman–Crippen LogP) is 4.00. The minimum atomic E-state index is -1.61. The highest BCUT2D eigenvalue weighted by Gasteiger charge is 2.49. The molecular formula is C28H28ClF2N3O5. The quantitative estimate of drug-likeness (QED) is 0.386. The van der Waals surface area contributed by atoms with E-state index in [2.05, 4.69) is 5.32 Å². The number of rotatable bonds is 9. The lowest BCUT2D eigenvalue weighted by atomic mass is 10.1. The van der Waals surface area contributed by atoms with Gasteiger partial charge in [0.1, 0.15) is 36.4 Å². The standard InChI is InChI=1S/C28H28ClF2N3O5/c1-15(35)20-11-33(23-9-18(36)7-8-19(20)23)13-24(37)34-12-22(30)27(39-14-16-5-6-16)26(34)28(38)32-10-17-3-2-4-21(29)25(17)31/h2-4,7-9,11,16,22,26-27,36H,5-6,10,12-14H2,1H3,(H,32,38)/t22?,26-,27?/m0/s1. The van der Waals surface area contributed by atoms with Crippen molar-refractivity contribution in [2.75, 3.05) is 13.2 Å².